The molecule has 0 unspecified atom stereocenters. The summed E-state index contributed by atoms with van der Waals surface area (Å²) in [6.07, 6.45) is 4.91. The number of para-hydroxylation sites is 1. The van der Waals surface area contributed by atoms with Crippen LogP contribution in [0.1, 0.15) is 75.6 Å². The molecule has 3 heterocycles. The van der Waals surface area contributed by atoms with E-state index in [-0.39, 0.29) is 82.1 Å². The third kappa shape index (κ3) is 16.3. The molecular formula is C48H66N14O10. The lowest BCUT2D eigenvalue weighted by atomic mass is 9.99. The van der Waals surface area contributed by atoms with Gasteiger partial charge in [-0.3, -0.25) is 38.6 Å². The number of aromatic amines is 2. The Morgan fingerprint density at radius 3 is 2.07 bits per heavy atom. The van der Waals surface area contributed by atoms with Gasteiger partial charge in [0.25, 0.3) is 0 Å². The molecule has 0 spiro atoms. The van der Waals surface area contributed by atoms with Gasteiger partial charge < -0.3 is 74.6 Å². The number of H-pyrrole nitrogens is 2. The lowest BCUT2D eigenvalue weighted by molar-refractivity contribution is -0.142. The Kier molecular flexibility index (Phi) is 20.0. The molecule has 24 heteroatoms. The van der Waals surface area contributed by atoms with E-state index in [4.69, 9.17) is 22.9 Å². The van der Waals surface area contributed by atoms with Gasteiger partial charge in [0.2, 0.25) is 41.4 Å². The van der Waals surface area contributed by atoms with E-state index in [1.165, 1.54) is 23.4 Å². The van der Waals surface area contributed by atoms with Gasteiger partial charge in [0, 0.05) is 67.8 Å². The fraction of sp³-hybridized carbons (Fsp3) is 0.458. The number of benzene rings is 2. The van der Waals surface area contributed by atoms with Gasteiger partial charge in [0.15, 0.2) is 5.96 Å². The highest BCUT2D eigenvalue weighted by Gasteiger charge is 2.39. The van der Waals surface area contributed by atoms with Gasteiger partial charge in [-0.05, 0) is 73.8 Å². The highest BCUT2D eigenvalue weighted by atomic mass is 16.4. The molecule has 4 aromatic rings. The quantitative estimate of drug-likeness (QED) is 0.0190. The van der Waals surface area contributed by atoms with Crippen LogP contribution >= 0.6 is 0 Å². The van der Waals surface area contributed by atoms with Crippen LogP contribution in [-0.2, 0) is 57.6 Å². The molecule has 0 aliphatic carbocycles. The highest BCUT2D eigenvalue weighted by molar-refractivity contribution is 5.98. The largest absolute Gasteiger partial charge is 0.508 e. The summed E-state index contributed by atoms with van der Waals surface area (Å²) in [6.45, 7) is 3.95. The van der Waals surface area contributed by atoms with Gasteiger partial charge in [0.1, 0.15) is 42.0 Å². The van der Waals surface area contributed by atoms with Crippen molar-refractivity contribution >= 4 is 64.2 Å². The number of aliphatic imine (C=N–C) groups is 1. The van der Waals surface area contributed by atoms with Gasteiger partial charge in [-0.25, -0.2) is 9.78 Å². The first kappa shape index (κ1) is 54.9. The van der Waals surface area contributed by atoms with Crippen molar-refractivity contribution < 1.29 is 48.6 Å². The van der Waals surface area contributed by atoms with Gasteiger partial charge in [-0.1, -0.05) is 44.2 Å². The Morgan fingerprint density at radius 1 is 0.792 bits per heavy atom. The number of nitrogens with one attached hydrogen (secondary N) is 7. The minimum Gasteiger partial charge on any atom is -0.508 e. The number of aromatic hydroxyl groups is 1. The standard InChI is InChI=1S/C48H66N14O10/c1-26(2)19-36(42(66)61-38(21-28-23-55-33-8-4-3-7-31(28)33)44(68)58-35(47(71)72)15-16-40(50)64)59-43(67)37(20-27-11-13-30(63)14-12-27)60-41(65)34(9-5-17-54-48(51)52)57-45(69)39-10-6-18-62(39)46(70)32(49)22-29-24-53-25-56-29/h3-4,7-8,11-14,23-26,32,34-39,55,63H,5-6,9-10,15-22,49H2,1-2H3,(H2,50,64)(H,53,56)(H,57,69)(H,58,68)(H,59,67)(H,60,65)(H,61,66)(H,71,72)(H4,51,52,54)/t32-,34-,35-,36-,37-,38-,39-/m0/s1. The fourth-order valence-corrected chi connectivity index (χ4v) is 8.42. The maximum absolute atomic E-state index is 14.6. The number of carbonyl (C=O) groups is 8. The van der Waals surface area contributed by atoms with Crippen LogP contribution in [0.15, 0.2) is 72.2 Å². The Morgan fingerprint density at radius 2 is 1.43 bits per heavy atom. The summed E-state index contributed by atoms with van der Waals surface area (Å²) in [5.74, 6) is -7.06. The van der Waals surface area contributed by atoms with E-state index in [0.717, 1.165) is 10.9 Å². The van der Waals surface area contributed by atoms with E-state index in [1.54, 1.807) is 50.5 Å². The maximum atomic E-state index is 14.6. The van der Waals surface area contributed by atoms with Gasteiger partial charge >= 0.3 is 5.97 Å². The van der Waals surface area contributed by atoms with Crippen LogP contribution in [0, 0.1) is 5.92 Å². The molecule has 7 atom stereocenters. The molecule has 0 bridgehead atoms. The van der Waals surface area contributed by atoms with Crippen molar-refractivity contribution in [2.45, 2.75) is 120 Å². The lowest BCUT2D eigenvalue weighted by Crippen LogP contribution is -2.60. The number of guanidine groups is 1. The van der Waals surface area contributed by atoms with E-state index < -0.39 is 89.6 Å². The number of hydrogen-bond donors (Lipinski definition) is 13. The number of hydrogen-bond acceptors (Lipinski definition) is 12. The molecule has 388 valence electrons. The van der Waals surface area contributed by atoms with Crippen molar-refractivity contribution in [1.82, 2.24) is 46.4 Å². The predicted molar refractivity (Wildman–Crippen MR) is 264 cm³/mol. The second-order valence-corrected chi connectivity index (χ2v) is 18.2. The number of phenols is 1. The Bertz CT molecular complexity index is 2540. The number of carboxylic acids is 1. The molecule has 2 aromatic carbocycles. The second-order valence-electron chi connectivity index (χ2n) is 18.2. The van der Waals surface area contributed by atoms with Crippen molar-refractivity contribution in [2.24, 2.45) is 33.8 Å². The van der Waals surface area contributed by atoms with Crippen molar-refractivity contribution in [3.05, 3.63) is 84.1 Å². The second kappa shape index (κ2) is 26.3. The lowest BCUT2D eigenvalue weighted by Gasteiger charge is -2.29. The summed E-state index contributed by atoms with van der Waals surface area (Å²) in [7, 11) is 0. The summed E-state index contributed by atoms with van der Waals surface area (Å²) < 4.78 is 0. The van der Waals surface area contributed by atoms with Gasteiger partial charge in [-0.15, -0.1) is 0 Å². The van der Waals surface area contributed by atoms with Crippen LogP contribution in [0.25, 0.3) is 10.9 Å². The topological polar surface area (TPSA) is 401 Å². The number of rotatable bonds is 27. The molecular weight excluding hydrogens is 933 g/mol. The average Bonchev–Trinajstić information content (AvgIpc) is 4.13. The molecule has 0 saturated carbocycles. The first-order valence-corrected chi connectivity index (χ1v) is 23.7. The zero-order valence-corrected chi connectivity index (χ0v) is 40.3. The average molecular weight is 999 g/mol. The predicted octanol–water partition coefficient (Wildman–Crippen LogP) is -1.18. The van der Waals surface area contributed by atoms with Crippen molar-refractivity contribution in [2.75, 3.05) is 13.1 Å². The number of imidazole rings is 1. The minimum atomic E-state index is -1.53. The number of likely N-dealkylation sites (tertiary alicyclic amines) is 1. The summed E-state index contributed by atoms with van der Waals surface area (Å²) in [5, 5.41) is 34.1. The number of primary amides is 1. The van der Waals surface area contributed by atoms with E-state index in [2.05, 4.69) is 46.5 Å². The number of aliphatic carboxylic acids is 1. The minimum absolute atomic E-state index is 0.00850. The molecule has 1 aliphatic heterocycles. The first-order valence-electron chi connectivity index (χ1n) is 23.7. The molecule has 5 rings (SSSR count). The number of aromatic nitrogens is 3. The number of phenolic OH excluding ortho intramolecular Hbond substituents is 1. The number of nitrogens with two attached hydrogens (primary N) is 4. The highest BCUT2D eigenvalue weighted by Crippen LogP contribution is 2.22. The van der Waals surface area contributed by atoms with Crippen LogP contribution in [0.3, 0.4) is 0 Å². The zero-order valence-electron chi connectivity index (χ0n) is 40.3. The van der Waals surface area contributed by atoms with Crippen molar-refractivity contribution in [3.8, 4) is 5.75 Å². The number of carbonyl (C=O) groups excluding carboxylic acids is 7. The normalized spacial score (nSPS) is 15.8. The molecule has 1 aliphatic rings. The molecule has 2 aromatic heterocycles. The summed E-state index contributed by atoms with van der Waals surface area (Å²) in [4.78, 5) is 124. The first-order chi connectivity index (χ1) is 34.3. The van der Waals surface area contributed by atoms with Crippen LogP contribution in [0.2, 0.25) is 0 Å². The fourth-order valence-electron chi connectivity index (χ4n) is 8.42. The van der Waals surface area contributed by atoms with Crippen LogP contribution in [0.5, 0.6) is 5.75 Å². The van der Waals surface area contributed by atoms with Crippen LogP contribution < -0.4 is 49.5 Å². The summed E-state index contributed by atoms with van der Waals surface area (Å²) in [6, 6.07) is 4.21. The molecule has 1 fully saturated rings. The van der Waals surface area contributed by atoms with E-state index >= 15 is 0 Å². The maximum Gasteiger partial charge on any atom is 0.326 e. The summed E-state index contributed by atoms with van der Waals surface area (Å²) in [5.41, 5.74) is 25.1. The van der Waals surface area contributed by atoms with E-state index in [0.29, 0.717) is 29.7 Å². The molecule has 1 saturated heterocycles. The van der Waals surface area contributed by atoms with Crippen LogP contribution in [-0.4, -0.2) is 139 Å². The summed E-state index contributed by atoms with van der Waals surface area (Å²) >= 11 is 0. The number of carboxylic acid groups (broad SMARTS) is 1. The SMILES string of the molecule is CC(C)C[C@H](NC(=O)[C@H](Cc1ccc(O)cc1)NC(=O)[C@H](CCCN=C(N)N)NC(=O)[C@@H]1CCCN1C(=O)[C@@H](N)Cc1cnc[nH]1)C(=O)N[C@@H](Cc1c[nH]c2ccccc12)C(=O)N[C@@H](CCC(N)=O)C(=O)O. The number of fused-ring (bicyclic) bond motifs is 1. The molecule has 72 heavy (non-hydrogen) atoms. The Labute approximate surface area is 415 Å². The monoisotopic (exact) mass is 999 g/mol. The molecule has 0 radical (unpaired) electrons. The van der Waals surface area contributed by atoms with E-state index in [9.17, 15) is 48.6 Å². The van der Waals surface area contributed by atoms with E-state index in [1.807, 2.05) is 12.1 Å². The van der Waals surface area contributed by atoms with Gasteiger partial charge in [-0.2, -0.15) is 0 Å². The Hall–Kier alpha value is -8.02. The molecule has 24 nitrogen and oxygen atoms in total. The zero-order chi connectivity index (χ0) is 52.5. The van der Waals surface area contributed by atoms with Crippen molar-refractivity contribution in [1.29, 1.82) is 0 Å². The van der Waals surface area contributed by atoms with Crippen molar-refractivity contribution in [3.63, 3.8) is 0 Å². The smallest absolute Gasteiger partial charge is 0.326 e. The number of amides is 7. The Balaban J connectivity index is 1.40. The number of nitrogens with zero attached hydrogens (tertiary/aromatic N) is 3. The van der Waals surface area contributed by atoms with Crippen LogP contribution in [0.4, 0.5) is 0 Å². The molecule has 17 N–H and O–H groups in total. The molecule has 7 amide bonds. The third-order valence-corrected chi connectivity index (χ3v) is 12.1. The van der Waals surface area contributed by atoms with Gasteiger partial charge in [0.05, 0.1) is 12.4 Å². The third-order valence-electron chi connectivity index (χ3n) is 12.1.